The highest BCUT2D eigenvalue weighted by molar-refractivity contribution is 9.10. The molecule has 0 unspecified atom stereocenters. The van der Waals surface area contributed by atoms with E-state index >= 15 is 0 Å². The van der Waals surface area contributed by atoms with E-state index in [1.54, 1.807) is 7.11 Å². The molecule has 0 atom stereocenters. The fourth-order valence-corrected chi connectivity index (χ4v) is 4.08. The van der Waals surface area contributed by atoms with Crippen LogP contribution in [0.1, 0.15) is 17.0 Å². The largest absolute Gasteiger partial charge is 0.383 e. The number of ether oxygens (including phenoxy) is 1. The Morgan fingerprint density at radius 1 is 1.21 bits per heavy atom. The molecule has 0 saturated carbocycles. The Hall–Kier alpha value is -2.16. The van der Waals surface area contributed by atoms with Crippen LogP contribution in [0, 0.1) is 6.92 Å². The van der Waals surface area contributed by atoms with Crippen molar-refractivity contribution in [2.24, 2.45) is 0 Å². The molecule has 0 spiro atoms. The molecule has 0 aliphatic rings. The number of aromatic nitrogens is 3. The first-order valence-electron chi connectivity index (χ1n) is 9.20. The van der Waals surface area contributed by atoms with E-state index in [0.29, 0.717) is 19.6 Å². The van der Waals surface area contributed by atoms with Crippen LogP contribution in [-0.4, -0.2) is 40.1 Å². The molecule has 1 N–H and O–H groups in total. The maximum Gasteiger partial charge on any atom is 0.234 e. The molecule has 3 rings (SSSR count). The number of hydrogen-bond donors (Lipinski definition) is 1. The number of anilines is 1. The highest BCUT2D eigenvalue weighted by Gasteiger charge is 2.15. The highest BCUT2D eigenvalue weighted by atomic mass is 79.9. The van der Waals surface area contributed by atoms with Crippen LogP contribution < -0.4 is 5.32 Å². The van der Waals surface area contributed by atoms with Gasteiger partial charge < -0.3 is 14.6 Å². The predicted molar refractivity (Wildman–Crippen MR) is 119 cm³/mol. The van der Waals surface area contributed by atoms with Crippen molar-refractivity contribution in [3.8, 4) is 0 Å². The fraction of sp³-hybridized carbons (Fsp3) is 0.286. The van der Waals surface area contributed by atoms with Crippen molar-refractivity contribution in [1.29, 1.82) is 0 Å². The molecule has 0 aliphatic carbocycles. The Balaban J connectivity index is 1.66. The van der Waals surface area contributed by atoms with Gasteiger partial charge in [-0.15, -0.1) is 10.2 Å². The zero-order valence-corrected chi connectivity index (χ0v) is 18.8. The third kappa shape index (κ3) is 6.16. The summed E-state index contributed by atoms with van der Waals surface area (Å²) >= 11 is 4.81. The molecule has 3 aromatic rings. The van der Waals surface area contributed by atoms with Gasteiger partial charge in [0.05, 0.1) is 12.4 Å². The van der Waals surface area contributed by atoms with Gasteiger partial charge in [-0.25, -0.2) is 0 Å². The molecule has 0 aliphatic heterocycles. The van der Waals surface area contributed by atoms with E-state index in [9.17, 15) is 4.79 Å². The van der Waals surface area contributed by atoms with Crippen LogP contribution in [0.2, 0.25) is 0 Å². The number of rotatable bonds is 9. The quantitative estimate of drug-likeness (QED) is 0.467. The number of methoxy groups -OCH3 is 1. The number of hydrogen-bond acceptors (Lipinski definition) is 5. The average Bonchev–Trinajstić information content (AvgIpc) is 3.09. The number of amides is 1. The summed E-state index contributed by atoms with van der Waals surface area (Å²) in [5.74, 6) is 1.04. The molecule has 6 nitrogen and oxygen atoms in total. The van der Waals surface area contributed by atoms with Crippen molar-refractivity contribution in [2.45, 2.75) is 25.0 Å². The molecule has 0 bridgehead atoms. The topological polar surface area (TPSA) is 69.0 Å². The maximum absolute atomic E-state index is 12.4. The number of carbonyl (C=O) groups excluding carboxylic acids is 1. The number of carbonyl (C=O) groups is 1. The molecule has 152 valence electrons. The Morgan fingerprint density at radius 3 is 2.72 bits per heavy atom. The summed E-state index contributed by atoms with van der Waals surface area (Å²) in [6.07, 6.45) is 0.683. The fourth-order valence-electron chi connectivity index (χ4n) is 2.83. The SMILES string of the molecule is COCCn1c(Cc2ccccc2)nnc1SCC(=O)Nc1ccc(Br)cc1C. The van der Waals surface area contributed by atoms with Crippen molar-refractivity contribution in [2.75, 3.05) is 24.8 Å². The van der Waals surface area contributed by atoms with Gasteiger partial charge in [0.2, 0.25) is 5.91 Å². The average molecular weight is 475 g/mol. The van der Waals surface area contributed by atoms with Crippen LogP contribution in [0.25, 0.3) is 0 Å². The van der Waals surface area contributed by atoms with Gasteiger partial charge >= 0.3 is 0 Å². The molecule has 0 radical (unpaired) electrons. The zero-order chi connectivity index (χ0) is 20.6. The van der Waals surface area contributed by atoms with E-state index in [4.69, 9.17) is 4.74 Å². The van der Waals surface area contributed by atoms with Crippen LogP contribution in [-0.2, 0) is 22.5 Å². The summed E-state index contributed by atoms with van der Waals surface area (Å²) in [5.41, 5.74) is 2.98. The normalized spacial score (nSPS) is 10.9. The number of nitrogens with one attached hydrogen (secondary N) is 1. The monoisotopic (exact) mass is 474 g/mol. The van der Waals surface area contributed by atoms with Crippen molar-refractivity contribution in [1.82, 2.24) is 14.8 Å². The summed E-state index contributed by atoms with van der Waals surface area (Å²) in [6, 6.07) is 15.9. The first-order chi connectivity index (χ1) is 14.1. The standard InChI is InChI=1S/C21H23BrN4O2S/c1-15-12-17(22)8-9-18(15)23-20(27)14-29-21-25-24-19(26(21)10-11-28-2)13-16-6-4-3-5-7-16/h3-9,12H,10-11,13-14H2,1-2H3,(H,23,27). The van der Waals surface area contributed by atoms with E-state index in [-0.39, 0.29) is 11.7 Å². The van der Waals surface area contributed by atoms with Crippen LogP contribution in [0.5, 0.6) is 0 Å². The molecule has 29 heavy (non-hydrogen) atoms. The zero-order valence-electron chi connectivity index (χ0n) is 16.4. The summed E-state index contributed by atoms with van der Waals surface area (Å²) in [5, 5.41) is 12.3. The first-order valence-corrected chi connectivity index (χ1v) is 11.0. The minimum atomic E-state index is -0.0775. The number of nitrogens with zero attached hydrogens (tertiary/aromatic N) is 3. The van der Waals surface area contributed by atoms with Crippen LogP contribution in [0.3, 0.4) is 0 Å². The lowest BCUT2D eigenvalue weighted by atomic mass is 10.1. The van der Waals surface area contributed by atoms with E-state index in [0.717, 1.165) is 26.7 Å². The van der Waals surface area contributed by atoms with Crippen molar-refractivity contribution >= 4 is 39.3 Å². The van der Waals surface area contributed by atoms with Gasteiger partial charge in [0, 0.05) is 30.2 Å². The van der Waals surface area contributed by atoms with Gasteiger partial charge in [-0.3, -0.25) is 4.79 Å². The molecule has 1 aromatic heterocycles. The maximum atomic E-state index is 12.4. The Labute approximate surface area is 183 Å². The van der Waals surface area contributed by atoms with E-state index in [1.165, 1.54) is 17.3 Å². The Bertz CT molecular complexity index is 963. The molecule has 1 amide bonds. The first kappa shape index (κ1) is 21.5. The second-order valence-electron chi connectivity index (χ2n) is 6.50. The second-order valence-corrected chi connectivity index (χ2v) is 8.36. The summed E-state index contributed by atoms with van der Waals surface area (Å²) in [7, 11) is 1.67. The van der Waals surface area contributed by atoms with Gasteiger partial charge in [-0.1, -0.05) is 58.0 Å². The van der Waals surface area contributed by atoms with Crippen molar-refractivity contribution in [3.05, 3.63) is 70.0 Å². The Morgan fingerprint density at radius 2 is 2.00 bits per heavy atom. The van der Waals surface area contributed by atoms with Gasteiger partial charge in [0.25, 0.3) is 0 Å². The molecule has 2 aromatic carbocycles. The number of aryl methyl sites for hydroxylation is 1. The lowest BCUT2D eigenvalue weighted by Crippen LogP contribution is -2.16. The van der Waals surface area contributed by atoms with Crippen molar-refractivity contribution in [3.63, 3.8) is 0 Å². The van der Waals surface area contributed by atoms with Gasteiger partial charge in [0.1, 0.15) is 5.82 Å². The Kier molecular flexibility index (Phi) is 7.85. The third-order valence-corrected chi connectivity index (χ3v) is 5.77. The molecule has 8 heteroatoms. The van der Waals surface area contributed by atoms with Gasteiger partial charge in [-0.2, -0.15) is 0 Å². The van der Waals surface area contributed by atoms with Crippen LogP contribution in [0.4, 0.5) is 5.69 Å². The van der Waals surface area contributed by atoms with Crippen molar-refractivity contribution < 1.29 is 9.53 Å². The second kappa shape index (κ2) is 10.6. The molecule has 0 saturated heterocycles. The van der Waals surface area contributed by atoms with Gasteiger partial charge in [-0.05, 0) is 36.2 Å². The van der Waals surface area contributed by atoms with E-state index < -0.39 is 0 Å². The van der Waals surface area contributed by atoms with Crippen LogP contribution >= 0.6 is 27.7 Å². The number of halogens is 1. The summed E-state index contributed by atoms with van der Waals surface area (Å²) < 4.78 is 8.25. The molecule has 0 fully saturated rings. The number of thioether (sulfide) groups is 1. The minimum Gasteiger partial charge on any atom is -0.383 e. The molecular weight excluding hydrogens is 452 g/mol. The molecule has 1 heterocycles. The minimum absolute atomic E-state index is 0.0775. The number of benzene rings is 2. The van der Waals surface area contributed by atoms with Gasteiger partial charge in [0.15, 0.2) is 5.16 Å². The van der Waals surface area contributed by atoms with E-state index in [1.807, 2.05) is 47.9 Å². The smallest absolute Gasteiger partial charge is 0.234 e. The predicted octanol–water partition coefficient (Wildman–Crippen LogP) is 4.32. The van der Waals surface area contributed by atoms with Crippen LogP contribution in [0.15, 0.2) is 58.2 Å². The third-order valence-electron chi connectivity index (χ3n) is 4.31. The summed E-state index contributed by atoms with van der Waals surface area (Å²) in [6.45, 7) is 3.16. The molecular formula is C21H23BrN4O2S. The van der Waals surface area contributed by atoms with E-state index in [2.05, 4.69) is 43.6 Å². The lowest BCUT2D eigenvalue weighted by molar-refractivity contribution is -0.113. The lowest BCUT2D eigenvalue weighted by Gasteiger charge is -2.11. The highest BCUT2D eigenvalue weighted by Crippen LogP contribution is 2.22. The summed E-state index contributed by atoms with van der Waals surface area (Å²) in [4.78, 5) is 12.4.